The van der Waals surface area contributed by atoms with E-state index < -0.39 is 0 Å². The van der Waals surface area contributed by atoms with E-state index in [2.05, 4.69) is 37.9 Å². The fraction of sp³-hybridized carbons (Fsp3) is 1.00. The van der Waals surface area contributed by atoms with Gasteiger partial charge in [-0.05, 0) is 65.6 Å². The highest BCUT2D eigenvalue weighted by Crippen LogP contribution is 2.17. The van der Waals surface area contributed by atoms with Gasteiger partial charge in [0.05, 0.1) is 0 Å². The van der Waals surface area contributed by atoms with Crippen LogP contribution in [0.2, 0.25) is 0 Å². The van der Waals surface area contributed by atoms with Gasteiger partial charge in [0.1, 0.15) is 0 Å². The standard InChI is InChI=1S/C16H34N2/c1-5-6-7-8-11-18-12-9-10-15(14-18)13-17-16(2,3)4/h15,17H,5-14H2,1-4H3. The van der Waals surface area contributed by atoms with Crippen LogP contribution in [0.15, 0.2) is 0 Å². The van der Waals surface area contributed by atoms with Crippen molar-refractivity contribution in [2.75, 3.05) is 26.2 Å². The van der Waals surface area contributed by atoms with E-state index in [4.69, 9.17) is 0 Å². The Morgan fingerprint density at radius 3 is 2.61 bits per heavy atom. The zero-order chi connectivity index (χ0) is 13.4. The molecule has 0 aromatic heterocycles. The molecular weight excluding hydrogens is 220 g/mol. The molecule has 2 heteroatoms. The first kappa shape index (κ1) is 16.0. The van der Waals surface area contributed by atoms with Crippen LogP contribution in [0.25, 0.3) is 0 Å². The van der Waals surface area contributed by atoms with Gasteiger partial charge in [-0.2, -0.15) is 0 Å². The highest BCUT2D eigenvalue weighted by Gasteiger charge is 2.20. The maximum absolute atomic E-state index is 3.66. The molecule has 1 fully saturated rings. The van der Waals surface area contributed by atoms with Crippen molar-refractivity contribution >= 4 is 0 Å². The van der Waals surface area contributed by atoms with Gasteiger partial charge < -0.3 is 10.2 Å². The van der Waals surface area contributed by atoms with Gasteiger partial charge in [-0.1, -0.05) is 26.2 Å². The molecule has 1 N–H and O–H groups in total. The minimum absolute atomic E-state index is 0.267. The third-order valence-electron chi connectivity index (χ3n) is 3.85. The molecule has 1 unspecified atom stereocenters. The second-order valence-electron chi connectivity index (χ2n) is 7.00. The molecule has 0 aliphatic carbocycles. The lowest BCUT2D eigenvalue weighted by molar-refractivity contribution is 0.164. The highest BCUT2D eigenvalue weighted by atomic mass is 15.1. The number of likely N-dealkylation sites (tertiary alicyclic amines) is 1. The minimum Gasteiger partial charge on any atom is -0.312 e. The summed E-state index contributed by atoms with van der Waals surface area (Å²) >= 11 is 0. The highest BCUT2D eigenvalue weighted by molar-refractivity contribution is 4.78. The van der Waals surface area contributed by atoms with Crippen molar-refractivity contribution < 1.29 is 0 Å². The summed E-state index contributed by atoms with van der Waals surface area (Å²) in [4.78, 5) is 2.69. The molecule has 108 valence electrons. The molecule has 0 aromatic carbocycles. The summed E-state index contributed by atoms with van der Waals surface area (Å²) in [5.41, 5.74) is 0.267. The molecule has 1 heterocycles. The number of piperidine rings is 1. The van der Waals surface area contributed by atoms with Crippen molar-refractivity contribution in [1.29, 1.82) is 0 Å². The number of hydrogen-bond acceptors (Lipinski definition) is 2. The molecule has 0 saturated carbocycles. The van der Waals surface area contributed by atoms with Gasteiger partial charge in [0.25, 0.3) is 0 Å². The Morgan fingerprint density at radius 2 is 1.94 bits per heavy atom. The lowest BCUT2D eigenvalue weighted by atomic mass is 9.96. The van der Waals surface area contributed by atoms with E-state index in [9.17, 15) is 0 Å². The summed E-state index contributed by atoms with van der Waals surface area (Å²) in [6.07, 6.45) is 8.37. The second-order valence-corrected chi connectivity index (χ2v) is 7.00. The molecular formula is C16H34N2. The van der Waals surface area contributed by atoms with E-state index in [1.165, 1.54) is 64.7 Å². The van der Waals surface area contributed by atoms with Gasteiger partial charge in [0.2, 0.25) is 0 Å². The SMILES string of the molecule is CCCCCCN1CCCC(CNC(C)(C)C)C1. The van der Waals surface area contributed by atoms with Gasteiger partial charge in [0.15, 0.2) is 0 Å². The lowest BCUT2D eigenvalue weighted by Crippen LogP contribution is -2.44. The molecule has 1 rings (SSSR count). The van der Waals surface area contributed by atoms with E-state index in [0.29, 0.717) is 0 Å². The summed E-state index contributed by atoms with van der Waals surface area (Å²) < 4.78 is 0. The average molecular weight is 254 g/mol. The maximum Gasteiger partial charge on any atom is 0.00966 e. The lowest BCUT2D eigenvalue weighted by Gasteiger charge is -2.34. The van der Waals surface area contributed by atoms with Crippen LogP contribution in [-0.4, -0.2) is 36.6 Å². The van der Waals surface area contributed by atoms with Gasteiger partial charge in [0, 0.05) is 12.1 Å². The Balaban J connectivity index is 2.15. The fourth-order valence-corrected chi connectivity index (χ4v) is 2.73. The molecule has 0 bridgehead atoms. The molecule has 0 amide bonds. The summed E-state index contributed by atoms with van der Waals surface area (Å²) in [6, 6.07) is 0. The Kier molecular flexibility index (Phi) is 7.25. The Labute approximate surface area is 115 Å². The molecule has 0 radical (unpaired) electrons. The van der Waals surface area contributed by atoms with E-state index in [0.717, 1.165) is 5.92 Å². The molecule has 1 saturated heterocycles. The largest absolute Gasteiger partial charge is 0.312 e. The third-order valence-corrected chi connectivity index (χ3v) is 3.85. The summed E-state index contributed by atoms with van der Waals surface area (Å²) in [5.74, 6) is 0.865. The van der Waals surface area contributed by atoms with Crippen molar-refractivity contribution in [2.45, 2.75) is 71.8 Å². The van der Waals surface area contributed by atoms with Crippen LogP contribution in [0, 0.1) is 5.92 Å². The summed E-state index contributed by atoms with van der Waals surface area (Å²) in [6.45, 7) is 14.2. The van der Waals surface area contributed by atoms with E-state index in [-0.39, 0.29) is 5.54 Å². The van der Waals surface area contributed by atoms with Crippen molar-refractivity contribution in [2.24, 2.45) is 5.92 Å². The topological polar surface area (TPSA) is 15.3 Å². The predicted octanol–water partition coefficient (Wildman–Crippen LogP) is 3.67. The number of rotatable bonds is 7. The first-order valence-electron chi connectivity index (χ1n) is 7.98. The molecule has 0 spiro atoms. The number of nitrogens with one attached hydrogen (secondary N) is 1. The summed E-state index contributed by atoms with van der Waals surface area (Å²) in [7, 11) is 0. The zero-order valence-electron chi connectivity index (χ0n) is 13.1. The van der Waals surface area contributed by atoms with Crippen LogP contribution in [0.3, 0.4) is 0 Å². The van der Waals surface area contributed by atoms with Crippen molar-refractivity contribution in [3.8, 4) is 0 Å². The molecule has 18 heavy (non-hydrogen) atoms. The monoisotopic (exact) mass is 254 g/mol. The molecule has 2 nitrogen and oxygen atoms in total. The van der Waals surface area contributed by atoms with Gasteiger partial charge in [-0.3, -0.25) is 0 Å². The molecule has 1 atom stereocenters. The normalized spacial score (nSPS) is 22.3. The van der Waals surface area contributed by atoms with Crippen LogP contribution in [0.4, 0.5) is 0 Å². The van der Waals surface area contributed by atoms with Gasteiger partial charge in [-0.25, -0.2) is 0 Å². The predicted molar refractivity (Wildman–Crippen MR) is 81.1 cm³/mol. The van der Waals surface area contributed by atoms with Crippen molar-refractivity contribution in [1.82, 2.24) is 10.2 Å². The average Bonchev–Trinajstić information content (AvgIpc) is 2.32. The minimum atomic E-state index is 0.267. The van der Waals surface area contributed by atoms with Crippen LogP contribution < -0.4 is 5.32 Å². The van der Waals surface area contributed by atoms with E-state index in [1.807, 2.05) is 0 Å². The van der Waals surface area contributed by atoms with Crippen molar-refractivity contribution in [3.63, 3.8) is 0 Å². The zero-order valence-corrected chi connectivity index (χ0v) is 13.1. The first-order valence-corrected chi connectivity index (χ1v) is 7.98. The fourth-order valence-electron chi connectivity index (χ4n) is 2.73. The number of hydrogen-bond donors (Lipinski definition) is 1. The van der Waals surface area contributed by atoms with Crippen molar-refractivity contribution in [3.05, 3.63) is 0 Å². The quantitative estimate of drug-likeness (QED) is 0.697. The number of nitrogens with zero attached hydrogens (tertiary/aromatic N) is 1. The molecule has 0 aromatic rings. The van der Waals surface area contributed by atoms with Crippen LogP contribution in [-0.2, 0) is 0 Å². The van der Waals surface area contributed by atoms with Crippen LogP contribution in [0.5, 0.6) is 0 Å². The third kappa shape index (κ3) is 7.38. The molecule has 1 aliphatic heterocycles. The van der Waals surface area contributed by atoms with Crippen LogP contribution in [0.1, 0.15) is 66.2 Å². The second kappa shape index (κ2) is 8.16. The van der Waals surface area contributed by atoms with E-state index >= 15 is 0 Å². The Morgan fingerprint density at radius 1 is 1.17 bits per heavy atom. The molecule has 1 aliphatic rings. The number of unbranched alkanes of at least 4 members (excludes halogenated alkanes) is 3. The van der Waals surface area contributed by atoms with Gasteiger partial charge >= 0.3 is 0 Å². The maximum atomic E-state index is 3.66. The van der Waals surface area contributed by atoms with E-state index in [1.54, 1.807) is 0 Å². The van der Waals surface area contributed by atoms with Gasteiger partial charge in [-0.15, -0.1) is 0 Å². The Bertz CT molecular complexity index is 208. The Hall–Kier alpha value is -0.0800. The van der Waals surface area contributed by atoms with Crippen LogP contribution >= 0.6 is 0 Å². The first-order chi connectivity index (χ1) is 8.51. The smallest absolute Gasteiger partial charge is 0.00966 e. The summed E-state index contributed by atoms with van der Waals surface area (Å²) in [5, 5.41) is 3.66.